The second-order valence-corrected chi connectivity index (χ2v) is 5.54. The van der Waals surface area contributed by atoms with Crippen molar-refractivity contribution in [3.05, 3.63) is 40.7 Å². The Morgan fingerprint density at radius 1 is 1.10 bits per heavy atom. The van der Waals surface area contributed by atoms with Gasteiger partial charge in [-0.25, -0.2) is 9.97 Å². The molecule has 4 nitrogen and oxygen atoms in total. The molecule has 0 saturated heterocycles. The van der Waals surface area contributed by atoms with Gasteiger partial charge in [0.2, 0.25) is 0 Å². The van der Waals surface area contributed by atoms with Gasteiger partial charge in [0.1, 0.15) is 17.5 Å². The number of hydrogen-bond donors (Lipinski definition) is 2. The first-order valence-electron chi connectivity index (χ1n) is 6.86. The maximum Gasteiger partial charge on any atom is 0.139 e. The molecule has 1 heterocycles. The number of aryl methyl sites for hydroxylation is 2. The fourth-order valence-electron chi connectivity index (χ4n) is 1.93. The van der Waals surface area contributed by atoms with E-state index in [1.807, 2.05) is 6.92 Å². The van der Waals surface area contributed by atoms with E-state index in [1.165, 1.54) is 11.1 Å². The van der Waals surface area contributed by atoms with E-state index >= 15 is 0 Å². The topological polar surface area (TPSA) is 63.8 Å². The van der Waals surface area contributed by atoms with Gasteiger partial charge in [-0.3, -0.25) is 0 Å². The van der Waals surface area contributed by atoms with Crippen LogP contribution in [-0.2, 0) is 0 Å². The number of hydrogen-bond acceptors (Lipinski definition) is 4. The third-order valence-corrected chi connectivity index (χ3v) is 3.36. The van der Waals surface area contributed by atoms with E-state index in [2.05, 4.69) is 61.2 Å². The molecule has 3 N–H and O–H groups in total. The molecule has 0 aliphatic heterocycles. The molecule has 0 amide bonds. The van der Waals surface area contributed by atoms with Crippen LogP contribution in [0.2, 0.25) is 0 Å². The summed E-state index contributed by atoms with van der Waals surface area (Å²) in [6.07, 6.45) is 0. The molecule has 0 bridgehead atoms. The summed E-state index contributed by atoms with van der Waals surface area (Å²) >= 11 is 0. The van der Waals surface area contributed by atoms with Crippen LogP contribution >= 0.6 is 0 Å². The monoisotopic (exact) mass is 270 g/mol. The molecule has 2 rings (SSSR count). The van der Waals surface area contributed by atoms with E-state index in [-0.39, 0.29) is 5.92 Å². The molecule has 1 aromatic heterocycles. The SMILES string of the molecule is Cc1ccc(C)c(Nc2nc(C(C)C)nc(N)c2C)c1. The van der Waals surface area contributed by atoms with Crippen LogP contribution in [0.3, 0.4) is 0 Å². The minimum absolute atomic E-state index is 0.247. The summed E-state index contributed by atoms with van der Waals surface area (Å²) in [7, 11) is 0. The summed E-state index contributed by atoms with van der Waals surface area (Å²) in [4.78, 5) is 8.94. The number of benzene rings is 1. The second-order valence-electron chi connectivity index (χ2n) is 5.54. The molecule has 4 heteroatoms. The minimum Gasteiger partial charge on any atom is -0.383 e. The first-order chi connectivity index (χ1) is 9.38. The fraction of sp³-hybridized carbons (Fsp3) is 0.375. The molecule has 0 unspecified atom stereocenters. The molecule has 0 spiro atoms. The van der Waals surface area contributed by atoms with Crippen LogP contribution in [-0.4, -0.2) is 9.97 Å². The number of rotatable bonds is 3. The molecule has 0 atom stereocenters. The van der Waals surface area contributed by atoms with Gasteiger partial charge in [0.05, 0.1) is 0 Å². The van der Waals surface area contributed by atoms with Crippen LogP contribution in [0.25, 0.3) is 0 Å². The molecule has 0 saturated carbocycles. The number of nitrogens with two attached hydrogens (primary N) is 1. The zero-order chi connectivity index (χ0) is 14.9. The van der Waals surface area contributed by atoms with E-state index in [1.54, 1.807) is 0 Å². The number of anilines is 3. The summed E-state index contributed by atoms with van der Waals surface area (Å²) in [6, 6.07) is 6.31. The van der Waals surface area contributed by atoms with Crippen LogP contribution in [0.1, 0.15) is 42.3 Å². The standard InChI is InChI=1S/C16H22N4/c1-9(2)15-19-14(17)12(5)16(20-15)18-13-8-10(3)6-7-11(13)4/h6-9H,1-5H3,(H3,17,18,19,20). The second kappa shape index (κ2) is 5.49. The quantitative estimate of drug-likeness (QED) is 0.889. The highest BCUT2D eigenvalue weighted by Gasteiger charge is 2.12. The van der Waals surface area contributed by atoms with Crippen molar-refractivity contribution in [2.45, 2.75) is 40.5 Å². The first kappa shape index (κ1) is 14.3. The Bertz CT molecular complexity index is 633. The van der Waals surface area contributed by atoms with Crippen LogP contribution in [0.4, 0.5) is 17.3 Å². The van der Waals surface area contributed by atoms with Crippen molar-refractivity contribution in [2.75, 3.05) is 11.1 Å². The Morgan fingerprint density at radius 2 is 1.80 bits per heavy atom. The predicted octanol–water partition coefficient (Wildman–Crippen LogP) is 3.85. The Balaban J connectivity index is 2.45. The highest BCUT2D eigenvalue weighted by atomic mass is 15.1. The molecule has 2 aromatic rings. The van der Waals surface area contributed by atoms with Gasteiger partial charge < -0.3 is 11.1 Å². The number of aromatic nitrogens is 2. The van der Waals surface area contributed by atoms with Crippen molar-refractivity contribution < 1.29 is 0 Å². The Labute approximate surface area is 120 Å². The van der Waals surface area contributed by atoms with Gasteiger partial charge >= 0.3 is 0 Å². The van der Waals surface area contributed by atoms with E-state index in [0.29, 0.717) is 5.82 Å². The van der Waals surface area contributed by atoms with Crippen molar-refractivity contribution in [3.8, 4) is 0 Å². The number of nitrogens with zero attached hydrogens (tertiary/aromatic N) is 2. The zero-order valence-corrected chi connectivity index (χ0v) is 12.8. The van der Waals surface area contributed by atoms with Crippen LogP contribution in [0.15, 0.2) is 18.2 Å². The van der Waals surface area contributed by atoms with Crippen molar-refractivity contribution in [2.24, 2.45) is 0 Å². The van der Waals surface area contributed by atoms with Crippen molar-refractivity contribution in [1.29, 1.82) is 0 Å². The largest absolute Gasteiger partial charge is 0.383 e. The van der Waals surface area contributed by atoms with Gasteiger partial charge in [0.15, 0.2) is 0 Å². The van der Waals surface area contributed by atoms with Crippen LogP contribution in [0.5, 0.6) is 0 Å². The molecule has 0 radical (unpaired) electrons. The lowest BCUT2D eigenvalue weighted by molar-refractivity contribution is 0.776. The molecule has 20 heavy (non-hydrogen) atoms. The first-order valence-corrected chi connectivity index (χ1v) is 6.86. The van der Waals surface area contributed by atoms with Crippen LogP contribution in [0, 0.1) is 20.8 Å². The smallest absolute Gasteiger partial charge is 0.139 e. The van der Waals surface area contributed by atoms with Gasteiger partial charge in [-0.2, -0.15) is 0 Å². The lowest BCUT2D eigenvalue weighted by Crippen LogP contribution is -2.08. The van der Waals surface area contributed by atoms with E-state index in [4.69, 9.17) is 5.73 Å². The van der Waals surface area contributed by atoms with E-state index in [9.17, 15) is 0 Å². The summed E-state index contributed by atoms with van der Waals surface area (Å²) in [5, 5.41) is 3.39. The molecule has 1 aromatic carbocycles. The summed E-state index contributed by atoms with van der Waals surface area (Å²) < 4.78 is 0. The summed E-state index contributed by atoms with van der Waals surface area (Å²) in [5.74, 6) is 2.34. The molecule has 0 aliphatic rings. The predicted molar refractivity (Wildman–Crippen MR) is 84.5 cm³/mol. The lowest BCUT2D eigenvalue weighted by Gasteiger charge is -2.15. The molecule has 0 fully saturated rings. The molecular formula is C16H22N4. The van der Waals surface area contributed by atoms with Crippen molar-refractivity contribution >= 4 is 17.3 Å². The molecule has 106 valence electrons. The van der Waals surface area contributed by atoms with E-state index in [0.717, 1.165) is 22.9 Å². The average Bonchev–Trinajstić information content (AvgIpc) is 2.38. The maximum absolute atomic E-state index is 5.99. The van der Waals surface area contributed by atoms with Crippen molar-refractivity contribution in [1.82, 2.24) is 9.97 Å². The summed E-state index contributed by atoms with van der Waals surface area (Å²) in [6.45, 7) is 10.2. The third-order valence-electron chi connectivity index (χ3n) is 3.36. The Morgan fingerprint density at radius 3 is 2.45 bits per heavy atom. The average molecular weight is 270 g/mol. The van der Waals surface area contributed by atoms with Gasteiger partial charge in [0.25, 0.3) is 0 Å². The van der Waals surface area contributed by atoms with Gasteiger partial charge in [-0.05, 0) is 38.0 Å². The van der Waals surface area contributed by atoms with Gasteiger partial charge in [0, 0.05) is 17.2 Å². The normalized spacial score (nSPS) is 10.9. The number of nitrogen functional groups attached to an aromatic ring is 1. The lowest BCUT2D eigenvalue weighted by atomic mass is 10.1. The van der Waals surface area contributed by atoms with Gasteiger partial charge in [-0.15, -0.1) is 0 Å². The highest BCUT2D eigenvalue weighted by Crippen LogP contribution is 2.26. The van der Waals surface area contributed by atoms with Crippen molar-refractivity contribution in [3.63, 3.8) is 0 Å². The van der Waals surface area contributed by atoms with E-state index < -0.39 is 0 Å². The molecular weight excluding hydrogens is 248 g/mol. The maximum atomic E-state index is 5.99. The van der Waals surface area contributed by atoms with Gasteiger partial charge in [-0.1, -0.05) is 26.0 Å². The minimum atomic E-state index is 0.247. The Kier molecular flexibility index (Phi) is 3.93. The highest BCUT2D eigenvalue weighted by molar-refractivity contribution is 5.66. The summed E-state index contributed by atoms with van der Waals surface area (Å²) in [5.41, 5.74) is 10.3. The number of nitrogens with one attached hydrogen (secondary N) is 1. The molecule has 0 aliphatic carbocycles. The van der Waals surface area contributed by atoms with Crippen LogP contribution < -0.4 is 11.1 Å². The zero-order valence-electron chi connectivity index (χ0n) is 12.8. The third kappa shape index (κ3) is 2.90. The fourth-order valence-corrected chi connectivity index (χ4v) is 1.93. The Hall–Kier alpha value is -2.10.